The van der Waals surface area contributed by atoms with Crippen LogP contribution in [0.25, 0.3) is 0 Å². The summed E-state index contributed by atoms with van der Waals surface area (Å²) in [6.07, 6.45) is 8.61. The van der Waals surface area contributed by atoms with E-state index in [2.05, 4.69) is 4.90 Å². The maximum Gasteiger partial charge on any atom is 0.225 e. The van der Waals surface area contributed by atoms with Crippen LogP contribution in [-0.2, 0) is 4.79 Å². The Balaban J connectivity index is 0.000000186. The van der Waals surface area contributed by atoms with Crippen molar-refractivity contribution < 1.29 is 4.79 Å². The third kappa shape index (κ3) is 4.70. The molecule has 2 aliphatic rings. The molecule has 1 aromatic rings. The second-order valence-electron chi connectivity index (χ2n) is 5.52. The van der Waals surface area contributed by atoms with Crippen molar-refractivity contribution in [1.82, 2.24) is 4.90 Å². The predicted octanol–water partition coefficient (Wildman–Crippen LogP) is 3.88. The van der Waals surface area contributed by atoms with E-state index in [9.17, 15) is 4.79 Å². The molecular weight excluding hydrogens is 234 g/mol. The molecule has 1 amide bonds. The number of hydrogen-bond acceptors (Lipinski definition) is 1. The quantitative estimate of drug-likeness (QED) is 0.749. The number of likely N-dealkylation sites (tertiary alicyclic amines) is 1. The van der Waals surface area contributed by atoms with Gasteiger partial charge in [0.1, 0.15) is 0 Å². The molecule has 3 rings (SSSR count). The third-order valence-electron chi connectivity index (χ3n) is 4.04. The summed E-state index contributed by atoms with van der Waals surface area (Å²) < 4.78 is 0. The van der Waals surface area contributed by atoms with Crippen LogP contribution in [0.5, 0.6) is 0 Å². The molecule has 0 spiro atoms. The van der Waals surface area contributed by atoms with Gasteiger partial charge in [0.05, 0.1) is 0 Å². The van der Waals surface area contributed by atoms with Gasteiger partial charge in [-0.3, -0.25) is 4.79 Å². The number of benzene rings is 1. The summed E-state index contributed by atoms with van der Waals surface area (Å²) in [6.45, 7) is 2.05. The molecule has 104 valence electrons. The molecule has 0 unspecified atom stereocenters. The Morgan fingerprint density at radius 1 is 0.737 bits per heavy atom. The van der Waals surface area contributed by atoms with Crippen LogP contribution in [0.4, 0.5) is 0 Å². The van der Waals surface area contributed by atoms with E-state index in [0.717, 1.165) is 25.9 Å². The third-order valence-corrected chi connectivity index (χ3v) is 4.04. The summed E-state index contributed by atoms with van der Waals surface area (Å²) in [7, 11) is 0. The van der Waals surface area contributed by atoms with Crippen molar-refractivity contribution in [2.24, 2.45) is 5.92 Å². The Kier molecular flexibility index (Phi) is 5.93. The smallest absolute Gasteiger partial charge is 0.225 e. The normalized spacial score (nSPS) is 19.7. The Morgan fingerprint density at radius 2 is 1.21 bits per heavy atom. The lowest BCUT2D eigenvalue weighted by molar-refractivity contribution is -0.135. The van der Waals surface area contributed by atoms with Crippen molar-refractivity contribution in [2.45, 2.75) is 44.9 Å². The van der Waals surface area contributed by atoms with Gasteiger partial charge < -0.3 is 4.90 Å². The summed E-state index contributed by atoms with van der Waals surface area (Å²) in [5.41, 5.74) is 0. The molecule has 1 saturated carbocycles. The van der Waals surface area contributed by atoms with Crippen LogP contribution in [0.1, 0.15) is 44.9 Å². The lowest BCUT2D eigenvalue weighted by Gasteiger charge is -2.25. The van der Waals surface area contributed by atoms with Gasteiger partial charge >= 0.3 is 0 Å². The Bertz CT molecular complexity index is 324. The molecule has 0 aromatic heterocycles. The topological polar surface area (TPSA) is 20.3 Å². The van der Waals surface area contributed by atoms with E-state index in [4.69, 9.17) is 0 Å². The van der Waals surface area contributed by atoms with Crippen LogP contribution in [0.2, 0.25) is 0 Å². The zero-order valence-corrected chi connectivity index (χ0v) is 11.8. The predicted molar refractivity (Wildman–Crippen MR) is 78.8 cm³/mol. The fourth-order valence-corrected chi connectivity index (χ4v) is 2.93. The molecule has 1 saturated heterocycles. The van der Waals surface area contributed by atoms with E-state index in [0.29, 0.717) is 11.8 Å². The lowest BCUT2D eigenvalue weighted by atomic mass is 9.88. The van der Waals surface area contributed by atoms with Gasteiger partial charge in [-0.15, -0.1) is 0 Å². The monoisotopic (exact) mass is 259 g/mol. The molecule has 2 nitrogen and oxygen atoms in total. The largest absolute Gasteiger partial charge is 0.342 e. The first kappa shape index (κ1) is 14.1. The van der Waals surface area contributed by atoms with Crippen LogP contribution < -0.4 is 0 Å². The fraction of sp³-hybridized carbons (Fsp3) is 0.588. The van der Waals surface area contributed by atoms with Crippen molar-refractivity contribution in [3.05, 3.63) is 36.4 Å². The molecule has 1 aliphatic heterocycles. The molecule has 2 heteroatoms. The second-order valence-corrected chi connectivity index (χ2v) is 5.52. The average Bonchev–Trinajstić information content (AvgIpc) is 3.04. The maximum atomic E-state index is 11.9. The Labute approximate surface area is 116 Å². The zero-order valence-electron chi connectivity index (χ0n) is 11.8. The second kappa shape index (κ2) is 7.98. The van der Waals surface area contributed by atoms with Gasteiger partial charge in [0, 0.05) is 19.0 Å². The molecule has 0 bridgehead atoms. The van der Waals surface area contributed by atoms with Gasteiger partial charge in [-0.2, -0.15) is 0 Å². The maximum absolute atomic E-state index is 11.9. The van der Waals surface area contributed by atoms with E-state index in [1.165, 1.54) is 32.1 Å². The van der Waals surface area contributed by atoms with Crippen LogP contribution in [0, 0.1) is 5.92 Å². The average molecular weight is 259 g/mol. The summed E-state index contributed by atoms with van der Waals surface area (Å²) in [5, 5.41) is 0. The van der Waals surface area contributed by atoms with Crippen molar-refractivity contribution in [1.29, 1.82) is 0 Å². The first-order chi connectivity index (χ1) is 9.38. The van der Waals surface area contributed by atoms with Gasteiger partial charge in [-0.05, 0) is 25.7 Å². The molecule has 0 atom stereocenters. The van der Waals surface area contributed by atoms with Crippen LogP contribution in [0.15, 0.2) is 36.4 Å². The minimum absolute atomic E-state index is 0.381. The van der Waals surface area contributed by atoms with Gasteiger partial charge in [0.2, 0.25) is 5.91 Å². The first-order valence-electron chi connectivity index (χ1n) is 7.67. The minimum Gasteiger partial charge on any atom is -0.342 e. The summed E-state index contributed by atoms with van der Waals surface area (Å²) in [6, 6.07) is 12.0. The van der Waals surface area contributed by atoms with Crippen molar-refractivity contribution in [3.63, 3.8) is 0 Å². The Hall–Kier alpha value is -1.31. The van der Waals surface area contributed by atoms with Crippen LogP contribution >= 0.6 is 0 Å². The fourth-order valence-electron chi connectivity index (χ4n) is 2.93. The van der Waals surface area contributed by atoms with Crippen molar-refractivity contribution in [3.8, 4) is 0 Å². The van der Waals surface area contributed by atoms with E-state index in [-0.39, 0.29) is 0 Å². The number of hydrogen-bond donors (Lipinski definition) is 0. The number of carbonyl (C=O) groups is 1. The molecule has 2 fully saturated rings. The standard InChI is InChI=1S/C11H19NO.C6H6/c13-11(12-8-4-5-9-12)10-6-2-1-3-7-10;1-2-4-6-5-3-1/h10H,1-9H2;1-6H. The molecular formula is C17H25NO. The van der Waals surface area contributed by atoms with Crippen LogP contribution in [-0.4, -0.2) is 23.9 Å². The summed E-state index contributed by atoms with van der Waals surface area (Å²) in [4.78, 5) is 14.0. The Morgan fingerprint density at radius 3 is 1.68 bits per heavy atom. The first-order valence-corrected chi connectivity index (χ1v) is 7.67. The molecule has 0 radical (unpaired) electrons. The molecule has 0 N–H and O–H groups in total. The number of rotatable bonds is 1. The SMILES string of the molecule is O=C(C1CCCCC1)N1CCCC1.c1ccccc1. The van der Waals surface area contributed by atoms with E-state index < -0.39 is 0 Å². The highest BCUT2D eigenvalue weighted by Gasteiger charge is 2.27. The van der Waals surface area contributed by atoms with Crippen molar-refractivity contribution >= 4 is 5.91 Å². The van der Waals surface area contributed by atoms with E-state index in [1.54, 1.807) is 0 Å². The number of nitrogens with zero attached hydrogens (tertiary/aromatic N) is 1. The van der Waals surface area contributed by atoms with E-state index >= 15 is 0 Å². The van der Waals surface area contributed by atoms with E-state index in [1.807, 2.05) is 36.4 Å². The van der Waals surface area contributed by atoms with Gasteiger partial charge in [-0.25, -0.2) is 0 Å². The van der Waals surface area contributed by atoms with Gasteiger partial charge in [-0.1, -0.05) is 55.7 Å². The van der Waals surface area contributed by atoms with Gasteiger partial charge in [0.15, 0.2) is 0 Å². The highest BCUT2D eigenvalue weighted by Crippen LogP contribution is 2.26. The minimum atomic E-state index is 0.381. The number of amides is 1. The highest BCUT2D eigenvalue weighted by molar-refractivity contribution is 5.79. The molecule has 1 heterocycles. The highest BCUT2D eigenvalue weighted by atomic mass is 16.2. The molecule has 1 aromatic carbocycles. The number of carbonyl (C=O) groups excluding carboxylic acids is 1. The molecule has 19 heavy (non-hydrogen) atoms. The summed E-state index contributed by atoms with van der Waals surface area (Å²) >= 11 is 0. The van der Waals surface area contributed by atoms with Crippen molar-refractivity contribution in [2.75, 3.05) is 13.1 Å². The summed E-state index contributed by atoms with van der Waals surface area (Å²) in [5.74, 6) is 0.837. The van der Waals surface area contributed by atoms with Gasteiger partial charge in [0.25, 0.3) is 0 Å². The molecule has 1 aliphatic carbocycles. The lowest BCUT2D eigenvalue weighted by Crippen LogP contribution is -2.34. The van der Waals surface area contributed by atoms with Crippen LogP contribution in [0.3, 0.4) is 0 Å². The zero-order chi connectivity index (χ0) is 13.3.